The summed E-state index contributed by atoms with van der Waals surface area (Å²) in [4.78, 5) is 92.3. The number of benzene rings is 1. The van der Waals surface area contributed by atoms with Crippen LogP contribution in [0.1, 0.15) is 68.9 Å². The fraction of sp³-hybridized carbons (Fsp3) is 0.474. The van der Waals surface area contributed by atoms with Gasteiger partial charge in [-0.2, -0.15) is 0 Å². The van der Waals surface area contributed by atoms with Crippen LogP contribution in [-0.2, 0) is 42.2 Å². The van der Waals surface area contributed by atoms with E-state index in [1.54, 1.807) is 18.2 Å². The molecule has 19 heteroatoms. The van der Waals surface area contributed by atoms with Crippen LogP contribution in [0.4, 0.5) is 26.4 Å². The molecule has 300 valence electrons. The number of carbonyl (C=O) groups is 4. The van der Waals surface area contributed by atoms with E-state index < -0.39 is 85.4 Å². The monoisotopic (exact) mass is 804 g/mol. The lowest BCUT2D eigenvalue weighted by molar-refractivity contribution is -0.140. The molecule has 0 unspecified atom stereocenters. The molecule has 17 nitrogen and oxygen atoms in total. The topological polar surface area (TPSA) is 226 Å². The number of anilines is 3. The van der Waals surface area contributed by atoms with Gasteiger partial charge in [-0.05, 0) is 50.2 Å². The number of rotatable bonds is 8. The summed E-state index contributed by atoms with van der Waals surface area (Å²) in [5, 5.41) is 7.83. The number of halogens is 1. The molecule has 4 amide bonds. The molecule has 1 aromatic heterocycles. The summed E-state index contributed by atoms with van der Waals surface area (Å²) < 4.78 is 48.2. The van der Waals surface area contributed by atoms with Crippen LogP contribution in [0, 0.1) is 11.7 Å². The number of aromatic nitrogens is 2. The average molecular weight is 805 g/mol. The van der Waals surface area contributed by atoms with E-state index in [0.29, 0.717) is 49.7 Å². The molecule has 3 aliphatic heterocycles. The third kappa shape index (κ3) is 7.59. The number of allylic oxidation sites excluding steroid dienone is 1. The van der Waals surface area contributed by atoms with Crippen LogP contribution in [0.25, 0.3) is 0 Å². The molecule has 8 rings (SSSR count). The molecule has 57 heavy (non-hydrogen) atoms. The number of fused-ring (bicyclic) bond motifs is 3. The maximum absolute atomic E-state index is 14.6. The van der Waals surface area contributed by atoms with Crippen molar-refractivity contribution in [3.63, 3.8) is 0 Å². The number of amides is 4. The number of sulfonamides is 1. The van der Waals surface area contributed by atoms with Crippen molar-refractivity contribution in [3.8, 4) is 0 Å². The van der Waals surface area contributed by atoms with Crippen LogP contribution in [0.2, 0.25) is 0 Å². The quantitative estimate of drug-likeness (QED) is 0.189. The van der Waals surface area contributed by atoms with E-state index in [2.05, 4.69) is 30.6 Å². The van der Waals surface area contributed by atoms with Crippen molar-refractivity contribution in [1.82, 2.24) is 29.8 Å². The summed E-state index contributed by atoms with van der Waals surface area (Å²) in [7, 11) is -3.96. The highest BCUT2D eigenvalue weighted by molar-refractivity contribution is 7.91. The van der Waals surface area contributed by atoms with Crippen LogP contribution in [0.15, 0.2) is 58.5 Å². The van der Waals surface area contributed by atoms with Crippen molar-refractivity contribution in [3.05, 3.63) is 86.3 Å². The van der Waals surface area contributed by atoms with E-state index in [1.807, 2.05) is 6.08 Å². The van der Waals surface area contributed by atoms with Gasteiger partial charge in [0.2, 0.25) is 21.8 Å². The lowest BCUT2D eigenvalue weighted by Crippen LogP contribution is -2.57. The maximum atomic E-state index is 14.6. The number of hydrogen-bond donors (Lipinski definition) is 4. The Morgan fingerprint density at radius 1 is 1.00 bits per heavy atom. The summed E-state index contributed by atoms with van der Waals surface area (Å²) in [6, 6.07) is 2.15. The Balaban J connectivity index is 1.07. The first-order chi connectivity index (χ1) is 27.3. The Morgan fingerprint density at radius 2 is 1.81 bits per heavy atom. The minimum atomic E-state index is -3.96. The van der Waals surface area contributed by atoms with Crippen LogP contribution in [0.3, 0.4) is 0 Å². The van der Waals surface area contributed by atoms with Crippen molar-refractivity contribution in [2.45, 2.75) is 99.9 Å². The summed E-state index contributed by atoms with van der Waals surface area (Å²) in [6.07, 6.45) is 9.58. The van der Waals surface area contributed by atoms with E-state index in [-0.39, 0.29) is 56.1 Å². The number of nitrogens with one attached hydrogen (secondary N) is 4. The van der Waals surface area contributed by atoms with Crippen LogP contribution < -0.4 is 31.5 Å². The van der Waals surface area contributed by atoms with Gasteiger partial charge in [0, 0.05) is 36.8 Å². The molecule has 4 N–H and O–H groups in total. The number of carbonyl (C=O) groups excluding carboxylic acids is 4. The first kappa shape index (κ1) is 38.2. The minimum absolute atomic E-state index is 0.0325. The van der Waals surface area contributed by atoms with Crippen LogP contribution >= 0.6 is 0 Å². The zero-order valence-electron chi connectivity index (χ0n) is 30.7. The maximum Gasteiger partial charge on any atom is 0.410 e. The molecular weight excluding hydrogens is 764 g/mol. The number of nitrogens with zero attached hydrogens (tertiary/aromatic N) is 4. The second-order valence-electron chi connectivity index (χ2n) is 15.3. The molecule has 1 saturated heterocycles. The van der Waals surface area contributed by atoms with Gasteiger partial charge in [0.15, 0.2) is 0 Å². The van der Waals surface area contributed by atoms with Crippen molar-refractivity contribution in [2.24, 2.45) is 5.92 Å². The fourth-order valence-electron chi connectivity index (χ4n) is 7.89. The average Bonchev–Trinajstić information content (AvgIpc) is 4.08. The predicted molar refractivity (Wildman–Crippen MR) is 201 cm³/mol. The van der Waals surface area contributed by atoms with E-state index in [1.165, 1.54) is 34.5 Å². The zero-order valence-corrected chi connectivity index (χ0v) is 31.6. The van der Waals surface area contributed by atoms with E-state index in [4.69, 9.17) is 4.74 Å². The highest BCUT2D eigenvalue weighted by Crippen LogP contribution is 2.46. The predicted octanol–water partition coefficient (Wildman–Crippen LogP) is 1.86. The van der Waals surface area contributed by atoms with E-state index in [0.717, 1.165) is 0 Å². The molecule has 2 aromatic carbocycles. The van der Waals surface area contributed by atoms with Gasteiger partial charge < -0.3 is 25.6 Å². The van der Waals surface area contributed by atoms with Crippen molar-refractivity contribution in [2.75, 3.05) is 17.2 Å². The third-order valence-electron chi connectivity index (χ3n) is 11.3. The molecule has 3 aromatic rings. The fourth-order valence-corrected chi connectivity index (χ4v) is 9.25. The smallest absolute Gasteiger partial charge is 0.410 e. The van der Waals surface area contributed by atoms with Gasteiger partial charge in [-0.25, -0.2) is 22.6 Å². The largest absolute Gasteiger partial charge is 0.444 e. The molecule has 2 aliphatic carbocycles. The summed E-state index contributed by atoms with van der Waals surface area (Å²) in [5.74, 6) is -3.04. The van der Waals surface area contributed by atoms with Gasteiger partial charge >= 0.3 is 6.09 Å². The highest BCUT2D eigenvalue weighted by atomic mass is 32.2. The third-order valence-corrected chi connectivity index (χ3v) is 13.2. The van der Waals surface area contributed by atoms with E-state index in [9.17, 15) is 41.6 Å². The summed E-state index contributed by atoms with van der Waals surface area (Å²) in [6.45, 7) is -0.180. The molecule has 5 aliphatic rings. The normalized spacial score (nSPS) is 26.3. The molecule has 0 radical (unpaired) electrons. The lowest BCUT2D eigenvalue weighted by atomic mass is 10.0. The molecule has 4 heterocycles. The Bertz CT molecular complexity index is 2330. The van der Waals surface area contributed by atoms with Gasteiger partial charge in [-0.15, -0.1) is 0 Å². The number of ether oxygens (including phenoxy) is 1. The Labute approximate surface area is 326 Å². The number of hydrogen-bond acceptors (Lipinski definition) is 13. The molecule has 0 bridgehead atoms. The van der Waals surface area contributed by atoms with Gasteiger partial charge in [-0.3, -0.25) is 38.6 Å². The second-order valence-corrected chi connectivity index (χ2v) is 17.3. The molecule has 0 spiro atoms. The zero-order chi connectivity index (χ0) is 40.1. The van der Waals surface area contributed by atoms with E-state index >= 15 is 0 Å². The molecular formula is C38H41FN8O9S. The van der Waals surface area contributed by atoms with Crippen LogP contribution in [-0.4, -0.2) is 87.5 Å². The first-order valence-electron chi connectivity index (χ1n) is 19.0. The van der Waals surface area contributed by atoms with Crippen molar-refractivity contribution in [1.29, 1.82) is 0 Å². The Hall–Kier alpha value is -5.72. The summed E-state index contributed by atoms with van der Waals surface area (Å²) in [5.41, 5.74) is -2.52. The van der Waals surface area contributed by atoms with Crippen molar-refractivity contribution >= 4 is 51.0 Å². The lowest BCUT2D eigenvalue weighted by Gasteiger charge is -2.30. The standard InChI is InChI=1S/C38H41FN8O9S/c39-26-9-6-7-21-18-46(20-25(21)26)37(53)56-23-15-28-34(50)44-38(36(52)45-57(54,55)24-11-12-24)16-22(38)8-4-2-1-3-5-10-27(35(51)47(28)19-23)42-30-31(33(49)32(30)48)43-29-17-40-13-14-41-29/h4,6-9,13-14,17,22-24,27-28,42H,1-3,5,10-12,15-16,18-20H2,(H,41,43)(H,44,50)(H,45,52)/t22-,23-,27+,28+,38-/m1/s1. The van der Waals surface area contributed by atoms with Gasteiger partial charge in [0.05, 0.1) is 24.5 Å². The SMILES string of the molecule is O=C1N[C@]2(C(=O)NS(=O)(=O)C3CC3)C[C@H]2C=CCCCCC[C@H](Nc2c(Nc3cnccn3)c(=O)c2=O)C(=O)N2C[C@H](OC(=O)N3Cc4cccc(F)c4C3)C[C@@H]12. The molecule has 3 fully saturated rings. The van der Waals surface area contributed by atoms with Gasteiger partial charge in [0.1, 0.15) is 46.7 Å². The Kier molecular flexibility index (Phi) is 10.0. The molecule has 5 atom stereocenters. The minimum Gasteiger partial charge on any atom is -0.444 e. The van der Waals surface area contributed by atoms with Crippen LogP contribution in [0.5, 0.6) is 0 Å². The Morgan fingerprint density at radius 3 is 2.56 bits per heavy atom. The highest BCUT2D eigenvalue weighted by Gasteiger charge is 2.62. The summed E-state index contributed by atoms with van der Waals surface area (Å²) >= 11 is 0. The van der Waals surface area contributed by atoms with Crippen molar-refractivity contribution < 1.29 is 36.7 Å². The van der Waals surface area contributed by atoms with Gasteiger partial charge in [0.25, 0.3) is 16.8 Å². The molecule has 2 saturated carbocycles. The van der Waals surface area contributed by atoms with Gasteiger partial charge in [-0.1, -0.05) is 37.1 Å². The second kappa shape index (κ2) is 15.0. The first-order valence-corrected chi connectivity index (χ1v) is 20.6.